The predicted molar refractivity (Wildman–Crippen MR) is 81.4 cm³/mol. The molecule has 1 aliphatic rings. The van der Waals surface area contributed by atoms with Gasteiger partial charge in [0.1, 0.15) is 0 Å². The Kier molecular flexibility index (Phi) is 92.1. The van der Waals surface area contributed by atoms with Crippen molar-refractivity contribution >= 4 is 24.8 Å². The molecule has 0 saturated heterocycles. The van der Waals surface area contributed by atoms with Crippen LogP contribution in [-0.2, 0) is 21.7 Å². The summed E-state index contributed by atoms with van der Waals surface area (Å²) in [5, 5.41) is 0. The summed E-state index contributed by atoms with van der Waals surface area (Å²) in [7, 11) is 0. The van der Waals surface area contributed by atoms with Gasteiger partial charge in [0.25, 0.3) is 0 Å². The molecule has 104 valence electrons. The van der Waals surface area contributed by atoms with Gasteiger partial charge in [-0.1, -0.05) is 0 Å². The summed E-state index contributed by atoms with van der Waals surface area (Å²) < 4.78 is 0. The van der Waals surface area contributed by atoms with Gasteiger partial charge in [0.15, 0.2) is 0 Å². The van der Waals surface area contributed by atoms with Crippen molar-refractivity contribution in [1.82, 2.24) is 4.98 Å². The first-order chi connectivity index (χ1) is 5.00. The first-order valence-electron chi connectivity index (χ1n) is 3.21. The van der Waals surface area contributed by atoms with Crippen LogP contribution >= 0.6 is 24.8 Å². The number of aromatic amines is 1. The van der Waals surface area contributed by atoms with Crippen LogP contribution in [0, 0.1) is 42.0 Å². The maximum absolute atomic E-state index is 2.99. The Morgan fingerprint density at radius 3 is 1.71 bits per heavy atom. The number of rotatable bonds is 0. The number of nitrogens with one attached hydrogen (secondary N) is 1. The van der Waals surface area contributed by atoms with Crippen LogP contribution in [0.4, 0.5) is 0 Å². The van der Waals surface area contributed by atoms with Crippen molar-refractivity contribution in [3.8, 4) is 0 Å². The topological polar surface area (TPSA) is 15.8 Å². The minimum atomic E-state index is 0. The zero-order valence-electron chi connectivity index (χ0n) is 11.0. The van der Waals surface area contributed by atoms with Crippen LogP contribution in [0.25, 0.3) is 0 Å². The summed E-state index contributed by atoms with van der Waals surface area (Å²) in [5.41, 5.74) is 0. The Morgan fingerprint density at radius 1 is 1.00 bits per heavy atom. The van der Waals surface area contributed by atoms with E-state index in [-0.39, 0.29) is 76.2 Å². The van der Waals surface area contributed by atoms with Crippen molar-refractivity contribution < 1.29 is 21.7 Å². The molecule has 1 aliphatic carbocycles. The molecular formula is C13H23Cl2NTi-6. The van der Waals surface area contributed by atoms with Gasteiger partial charge < -0.3 is 34.7 Å². The van der Waals surface area contributed by atoms with Gasteiger partial charge in [0, 0.05) is 21.7 Å². The number of aromatic nitrogens is 1. The fraction of sp³-hybridized carbons (Fsp3) is 0.0769. The number of allylic oxidation sites excluding steroid dienone is 4. The molecule has 0 fully saturated rings. The van der Waals surface area contributed by atoms with E-state index in [0.29, 0.717) is 0 Å². The molecule has 0 bridgehead atoms. The Labute approximate surface area is 136 Å². The van der Waals surface area contributed by atoms with Gasteiger partial charge in [-0.05, 0) is 0 Å². The summed E-state index contributed by atoms with van der Waals surface area (Å²) in [6.45, 7) is 0. The molecule has 0 radical (unpaired) electrons. The van der Waals surface area contributed by atoms with E-state index in [9.17, 15) is 0 Å². The van der Waals surface area contributed by atoms with Crippen LogP contribution in [0.2, 0.25) is 0 Å². The van der Waals surface area contributed by atoms with Gasteiger partial charge in [0.2, 0.25) is 0 Å². The van der Waals surface area contributed by atoms with Crippen LogP contribution in [0.15, 0.2) is 36.6 Å². The molecule has 1 aromatic heterocycles. The number of hydrogen-bond donors (Lipinski definition) is 1. The molecule has 0 saturated carbocycles. The molecule has 4 heteroatoms. The van der Waals surface area contributed by atoms with Crippen molar-refractivity contribution in [3.63, 3.8) is 0 Å². The Hall–Kier alpha value is 0.0543. The zero-order chi connectivity index (χ0) is 7.07. The van der Waals surface area contributed by atoms with Gasteiger partial charge in [-0.3, -0.25) is 6.08 Å². The minimum Gasteiger partial charge on any atom is -0.484 e. The second-order valence-electron chi connectivity index (χ2n) is 1.82. The number of H-pyrrole nitrogens is 1. The second kappa shape index (κ2) is 36.0. The third kappa shape index (κ3) is 31.4. The molecule has 0 aromatic carbocycles. The van der Waals surface area contributed by atoms with Crippen molar-refractivity contribution in [1.29, 1.82) is 0 Å². The van der Waals surface area contributed by atoms with Crippen LogP contribution in [0.5, 0.6) is 0 Å². The first kappa shape index (κ1) is 43.5. The SMILES string of the molecule is Cl.Cl.[C-]1=CC=CC1.[CH3-].[CH3-].[CH3-].[CH3-].[Ti].[c-]1ccc[nH]1. The standard InChI is InChI=1S/C5H5.C4H4N.4CH3.2ClH.Ti/c2*1-2-4-5-3-1;;;;;;;/h1-3H,4H2;1-3,5H;4*1H3;2*1H;/q6*-1;;;. The summed E-state index contributed by atoms with van der Waals surface area (Å²) >= 11 is 0. The third-order valence-electron chi connectivity index (χ3n) is 1.03. The van der Waals surface area contributed by atoms with Gasteiger partial charge in [0.05, 0.1) is 0 Å². The molecule has 0 aliphatic heterocycles. The van der Waals surface area contributed by atoms with E-state index in [1.54, 1.807) is 0 Å². The van der Waals surface area contributed by atoms with Gasteiger partial charge >= 0.3 is 0 Å². The first-order valence-corrected chi connectivity index (χ1v) is 3.21. The van der Waals surface area contributed by atoms with Crippen molar-refractivity contribution in [2.75, 3.05) is 0 Å². The van der Waals surface area contributed by atoms with Crippen molar-refractivity contribution in [2.24, 2.45) is 0 Å². The van der Waals surface area contributed by atoms with Gasteiger partial charge in [-0.2, -0.15) is 24.4 Å². The molecule has 1 nitrogen and oxygen atoms in total. The van der Waals surface area contributed by atoms with Crippen LogP contribution in [-0.4, -0.2) is 4.98 Å². The number of hydrogen-bond acceptors (Lipinski definition) is 0. The summed E-state index contributed by atoms with van der Waals surface area (Å²) in [6.07, 6.45) is 14.6. The maximum atomic E-state index is 2.99. The molecule has 1 aromatic rings. The summed E-state index contributed by atoms with van der Waals surface area (Å²) in [5.74, 6) is 0. The maximum Gasteiger partial charge on any atom is 0 e. The molecule has 1 N–H and O–H groups in total. The molecule has 0 amide bonds. The smallest absolute Gasteiger partial charge is 0 e. The fourth-order valence-electron chi connectivity index (χ4n) is 0.581. The van der Waals surface area contributed by atoms with Crippen molar-refractivity contribution in [2.45, 2.75) is 6.42 Å². The monoisotopic (exact) mass is 311 g/mol. The van der Waals surface area contributed by atoms with Gasteiger partial charge in [-0.25, -0.2) is 12.2 Å². The summed E-state index contributed by atoms with van der Waals surface area (Å²) in [4.78, 5) is 2.74. The van der Waals surface area contributed by atoms with E-state index in [0.717, 1.165) is 6.42 Å². The Morgan fingerprint density at radius 2 is 1.59 bits per heavy atom. The fourth-order valence-corrected chi connectivity index (χ4v) is 0.581. The minimum absolute atomic E-state index is 0. The average Bonchev–Trinajstić information content (AvgIpc) is 2.67. The normalized spacial score (nSPS) is 7.53. The largest absolute Gasteiger partial charge is 0.484 e. The van der Waals surface area contributed by atoms with Crippen LogP contribution < -0.4 is 0 Å². The molecule has 2 rings (SSSR count). The van der Waals surface area contributed by atoms with E-state index in [2.05, 4.69) is 23.3 Å². The second-order valence-corrected chi connectivity index (χ2v) is 1.82. The Balaban J connectivity index is -0.0000000167. The van der Waals surface area contributed by atoms with E-state index >= 15 is 0 Å². The van der Waals surface area contributed by atoms with Crippen LogP contribution in [0.1, 0.15) is 6.42 Å². The predicted octanol–water partition coefficient (Wildman–Crippen LogP) is 4.76. The van der Waals surface area contributed by atoms with E-state index in [1.165, 1.54) is 0 Å². The quantitative estimate of drug-likeness (QED) is 0.525. The zero-order valence-corrected chi connectivity index (χ0v) is 14.2. The van der Waals surface area contributed by atoms with E-state index in [4.69, 9.17) is 0 Å². The van der Waals surface area contributed by atoms with E-state index in [1.807, 2.05) is 30.5 Å². The molecule has 0 atom stereocenters. The van der Waals surface area contributed by atoms with Crippen molar-refractivity contribution in [3.05, 3.63) is 78.5 Å². The molecular weight excluding hydrogens is 289 g/mol. The summed E-state index contributed by atoms with van der Waals surface area (Å²) in [6, 6.07) is 3.71. The number of halogens is 2. The Bertz CT molecular complexity index is 182. The molecule has 1 heterocycles. The third-order valence-corrected chi connectivity index (χ3v) is 1.03. The van der Waals surface area contributed by atoms with E-state index < -0.39 is 0 Å². The molecule has 0 spiro atoms. The average molecular weight is 312 g/mol. The van der Waals surface area contributed by atoms with Crippen LogP contribution in [0.3, 0.4) is 0 Å². The van der Waals surface area contributed by atoms with Gasteiger partial charge in [-0.15, -0.1) is 37.4 Å². The molecule has 17 heavy (non-hydrogen) atoms. The molecule has 0 unspecified atom stereocenters.